The lowest BCUT2D eigenvalue weighted by Crippen LogP contribution is -2.50. The Balaban J connectivity index is 0.00000205. The van der Waals surface area contributed by atoms with E-state index in [9.17, 15) is 22.4 Å². The SMILES string of the molecule is CC.CCN(c1ccc(Oc2ccc(CC3COCC(=O)N3CC)cc2)c(F)c1)c1ccc(C(F)(F)F)cn1. The fourth-order valence-corrected chi connectivity index (χ4v) is 4.29. The van der Waals surface area contributed by atoms with Crippen LogP contribution in [0.4, 0.5) is 29.1 Å². The van der Waals surface area contributed by atoms with Crippen molar-refractivity contribution in [3.05, 3.63) is 77.7 Å². The minimum atomic E-state index is -4.48. The van der Waals surface area contributed by atoms with Gasteiger partial charge in [-0.15, -0.1) is 0 Å². The molecule has 2 heterocycles. The third-order valence-corrected chi connectivity index (χ3v) is 6.16. The number of carbonyl (C=O) groups excluding carboxylic acids is 1. The number of likely N-dealkylation sites (N-methyl/N-ethyl adjacent to an activating group) is 1. The summed E-state index contributed by atoms with van der Waals surface area (Å²) in [6.07, 6.45) is -3.09. The largest absolute Gasteiger partial charge is 0.454 e. The predicted octanol–water partition coefficient (Wildman–Crippen LogP) is 7.01. The number of benzene rings is 2. The van der Waals surface area contributed by atoms with Crippen molar-refractivity contribution in [2.45, 2.75) is 46.3 Å². The lowest BCUT2D eigenvalue weighted by molar-refractivity contribution is -0.147. The van der Waals surface area contributed by atoms with Crippen molar-refractivity contribution in [1.82, 2.24) is 9.88 Å². The Morgan fingerprint density at radius 1 is 1.08 bits per heavy atom. The van der Waals surface area contributed by atoms with Crippen LogP contribution in [0.3, 0.4) is 0 Å². The number of alkyl halides is 3. The van der Waals surface area contributed by atoms with Gasteiger partial charge in [-0.25, -0.2) is 9.37 Å². The summed E-state index contributed by atoms with van der Waals surface area (Å²) >= 11 is 0. The molecule has 2 aromatic carbocycles. The molecule has 1 aliphatic heterocycles. The molecule has 1 amide bonds. The molecule has 4 rings (SSSR count). The molecular weight excluding hydrogens is 514 g/mol. The maximum atomic E-state index is 14.9. The highest BCUT2D eigenvalue weighted by molar-refractivity contribution is 5.78. The van der Waals surface area contributed by atoms with Crippen LogP contribution < -0.4 is 9.64 Å². The number of morpholine rings is 1. The van der Waals surface area contributed by atoms with E-state index in [-0.39, 0.29) is 30.1 Å². The molecule has 0 radical (unpaired) electrons. The van der Waals surface area contributed by atoms with Gasteiger partial charge in [0.2, 0.25) is 5.91 Å². The number of hydrogen-bond donors (Lipinski definition) is 0. The van der Waals surface area contributed by atoms with Gasteiger partial charge in [-0.2, -0.15) is 13.2 Å². The van der Waals surface area contributed by atoms with Crippen molar-refractivity contribution in [2.24, 2.45) is 0 Å². The van der Waals surface area contributed by atoms with E-state index in [0.29, 0.717) is 37.6 Å². The summed E-state index contributed by atoms with van der Waals surface area (Å²) in [5.41, 5.74) is 0.573. The number of anilines is 2. The second-order valence-electron chi connectivity index (χ2n) is 8.56. The molecule has 1 aromatic heterocycles. The highest BCUT2D eigenvalue weighted by Gasteiger charge is 2.31. The molecular formula is C29H33F4N3O3. The average molecular weight is 548 g/mol. The van der Waals surface area contributed by atoms with Crippen LogP contribution in [-0.4, -0.2) is 48.1 Å². The summed E-state index contributed by atoms with van der Waals surface area (Å²) in [6, 6.07) is 13.7. The Hall–Kier alpha value is -3.66. The van der Waals surface area contributed by atoms with Crippen LogP contribution in [0.15, 0.2) is 60.8 Å². The molecule has 0 N–H and O–H groups in total. The van der Waals surface area contributed by atoms with Gasteiger partial charge in [0.05, 0.1) is 18.2 Å². The Bertz CT molecular complexity index is 1220. The summed E-state index contributed by atoms with van der Waals surface area (Å²) in [4.78, 5) is 19.3. The van der Waals surface area contributed by atoms with Gasteiger partial charge in [0.1, 0.15) is 18.2 Å². The highest BCUT2D eigenvalue weighted by Crippen LogP contribution is 2.33. The Kier molecular flexibility index (Phi) is 10.3. The standard InChI is InChI=1S/C27H27F4N3O3.C2H6/c1-3-33(25-12-7-19(15-32-25)27(29,30)31)20-8-11-24(23(28)14-20)37-22-9-5-18(6-10-22)13-21-16-36-17-26(35)34(21)4-2;1-2/h5-12,14-15,21H,3-4,13,16-17H2,1-2H3;1-2H3. The van der Waals surface area contributed by atoms with Crippen molar-refractivity contribution in [3.8, 4) is 11.5 Å². The van der Waals surface area contributed by atoms with Crippen molar-refractivity contribution < 1.29 is 31.8 Å². The molecule has 1 aliphatic rings. The quantitative estimate of drug-likeness (QED) is 0.284. The van der Waals surface area contributed by atoms with E-state index in [4.69, 9.17) is 9.47 Å². The molecule has 0 aliphatic carbocycles. The van der Waals surface area contributed by atoms with E-state index in [2.05, 4.69) is 4.98 Å². The van der Waals surface area contributed by atoms with Crippen LogP contribution in [0.5, 0.6) is 11.5 Å². The minimum Gasteiger partial charge on any atom is -0.454 e. The fourth-order valence-electron chi connectivity index (χ4n) is 4.29. The molecule has 6 nitrogen and oxygen atoms in total. The minimum absolute atomic E-state index is 0.0105. The fraction of sp³-hybridized carbons (Fsp3) is 0.379. The van der Waals surface area contributed by atoms with Gasteiger partial charge in [0.25, 0.3) is 0 Å². The summed E-state index contributed by atoms with van der Waals surface area (Å²) in [6.45, 7) is 9.30. The van der Waals surface area contributed by atoms with Gasteiger partial charge in [-0.3, -0.25) is 4.79 Å². The van der Waals surface area contributed by atoms with Gasteiger partial charge in [-0.05, 0) is 62.2 Å². The number of carbonyl (C=O) groups is 1. The molecule has 0 saturated carbocycles. The van der Waals surface area contributed by atoms with Gasteiger partial charge in [-0.1, -0.05) is 26.0 Å². The van der Waals surface area contributed by atoms with Crippen molar-refractivity contribution >= 4 is 17.4 Å². The van der Waals surface area contributed by atoms with Gasteiger partial charge >= 0.3 is 6.18 Å². The molecule has 39 heavy (non-hydrogen) atoms. The summed E-state index contributed by atoms with van der Waals surface area (Å²) < 4.78 is 64.5. The first-order chi connectivity index (χ1) is 18.7. The molecule has 1 unspecified atom stereocenters. The predicted molar refractivity (Wildman–Crippen MR) is 142 cm³/mol. The molecule has 1 saturated heterocycles. The molecule has 1 fully saturated rings. The lowest BCUT2D eigenvalue weighted by atomic mass is 10.0. The highest BCUT2D eigenvalue weighted by atomic mass is 19.4. The van der Waals surface area contributed by atoms with Gasteiger partial charge in [0, 0.05) is 31.0 Å². The lowest BCUT2D eigenvalue weighted by Gasteiger charge is -2.34. The first kappa shape index (κ1) is 29.9. The smallest absolute Gasteiger partial charge is 0.417 e. The van der Waals surface area contributed by atoms with E-state index in [1.807, 2.05) is 37.8 Å². The second-order valence-corrected chi connectivity index (χ2v) is 8.56. The summed E-state index contributed by atoms with van der Waals surface area (Å²) in [5.74, 6) is 0.0782. The molecule has 0 spiro atoms. The van der Waals surface area contributed by atoms with Crippen LogP contribution in [0.1, 0.15) is 38.8 Å². The maximum absolute atomic E-state index is 14.9. The zero-order valence-electron chi connectivity index (χ0n) is 22.5. The number of hydrogen-bond acceptors (Lipinski definition) is 5. The Labute approximate surface area is 226 Å². The third-order valence-electron chi connectivity index (χ3n) is 6.16. The van der Waals surface area contributed by atoms with E-state index in [1.165, 1.54) is 18.2 Å². The molecule has 3 aromatic rings. The van der Waals surface area contributed by atoms with Crippen LogP contribution in [-0.2, 0) is 22.1 Å². The van der Waals surface area contributed by atoms with E-state index < -0.39 is 17.6 Å². The van der Waals surface area contributed by atoms with E-state index >= 15 is 0 Å². The summed E-state index contributed by atoms with van der Waals surface area (Å²) in [7, 11) is 0. The molecule has 1 atom stereocenters. The van der Waals surface area contributed by atoms with Crippen molar-refractivity contribution in [1.29, 1.82) is 0 Å². The molecule has 210 valence electrons. The monoisotopic (exact) mass is 547 g/mol. The van der Waals surface area contributed by atoms with Crippen molar-refractivity contribution in [2.75, 3.05) is 31.2 Å². The maximum Gasteiger partial charge on any atom is 0.417 e. The zero-order chi connectivity index (χ0) is 28.6. The number of pyridine rings is 1. The number of ether oxygens (including phenoxy) is 2. The van der Waals surface area contributed by atoms with Crippen molar-refractivity contribution in [3.63, 3.8) is 0 Å². The number of aromatic nitrogens is 1. The average Bonchev–Trinajstić information content (AvgIpc) is 2.93. The number of halogens is 4. The molecule has 0 bridgehead atoms. The Morgan fingerprint density at radius 3 is 2.36 bits per heavy atom. The first-order valence-electron chi connectivity index (χ1n) is 12.9. The number of amides is 1. The van der Waals surface area contributed by atoms with Crippen LogP contribution in [0.2, 0.25) is 0 Å². The topological polar surface area (TPSA) is 54.9 Å². The normalized spacial score (nSPS) is 15.4. The van der Waals surface area contributed by atoms with Gasteiger partial charge < -0.3 is 19.3 Å². The van der Waals surface area contributed by atoms with Crippen LogP contribution in [0, 0.1) is 5.82 Å². The zero-order valence-corrected chi connectivity index (χ0v) is 22.5. The summed E-state index contributed by atoms with van der Waals surface area (Å²) in [5, 5.41) is 0. The second kappa shape index (κ2) is 13.4. The van der Waals surface area contributed by atoms with E-state index in [1.54, 1.807) is 30.0 Å². The molecule has 10 heteroatoms. The third kappa shape index (κ3) is 7.47. The van der Waals surface area contributed by atoms with Crippen LogP contribution >= 0.6 is 0 Å². The van der Waals surface area contributed by atoms with Gasteiger partial charge in [0.15, 0.2) is 11.6 Å². The van der Waals surface area contributed by atoms with Crippen LogP contribution in [0.25, 0.3) is 0 Å². The number of rotatable bonds is 8. The first-order valence-corrected chi connectivity index (χ1v) is 12.9. The number of nitrogens with zero attached hydrogens (tertiary/aromatic N) is 3. The Morgan fingerprint density at radius 2 is 1.79 bits per heavy atom. The van der Waals surface area contributed by atoms with E-state index in [0.717, 1.165) is 17.8 Å².